The Morgan fingerprint density at radius 1 is 1.44 bits per heavy atom. The van der Waals surface area contributed by atoms with Crippen molar-refractivity contribution in [2.75, 3.05) is 5.32 Å². The van der Waals surface area contributed by atoms with Gasteiger partial charge in [0.15, 0.2) is 0 Å². The highest BCUT2D eigenvalue weighted by Crippen LogP contribution is 2.15. The lowest BCUT2D eigenvalue weighted by Crippen LogP contribution is -2.18. The van der Waals surface area contributed by atoms with E-state index in [2.05, 4.69) is 19.2 Å². The summed E-state index contributed by atoms with van der Waals surface area (Å²) in [5.74, 6) is -0.882. The van der Waals surface area contributed by atoms with Crippen LogP contribution in [0, 0.1) is 0 Å². The normalized spacial score (nSPS) is 12.1. The molecule has 2 N–H and O–H groups in total. The molecule has 1 aromatic rings. The van der Waals surface area contributed by atoms with Crippen LogP contribution in [0.5, 0.6) is 0 Å². The summed E-state index contributed by atoms with van der Waals surface area (Å²) in [7, 11) is 0. The fraction of sp³-hybridized carbons (Fsp3) is 0.462. The molecule has 0 bridgehead atoms. The van der Waals surface area contributed by atoms with Gasteiger partial charge in [-0.3, -0.25) is 0 Å². The van der Waals surface area contributed by atoms with Crippen LogP contribution in [0.1, 0.15) is 43.5 Å². The average Bonchev–Trinajstić information content (AvgIpc) is 2.29. The second-order valence-electron chi connectivity index (χ2n) is 3.92. The molecule has 0 aliphatic heterocycles. The van der Waals surface area contributed by atoms with Crippen LogP contribution in [0.25, 0.3) is 0 Å². The summed E-state index contributed by atoms with van der Waals surface area (Å²) in [6.45, 7) is 4.28. The number of rotatable bonds is 6. The standard InChI is InChI=1S/C13H19NO2/c1-3-6-11(4-2)14-12-8-5-7-10(9-12)13(15)16/h5,7-9,11,14H,3-4,6H2,1-2H3,(H,15,16). The van der Waals surface area contributed by atoms with Crippen LogP contribution in [0.3, 0.4) is 0 Å². The van der Waals surface area contributed by atoms with Crippen LogP contribution in [0.2, 0.25) is 0 Å². The minimum Gasteiger partial charge on any atom is -0.478 e. The van der Waals surface area contributed by atoms with Crippen LogP contribution in [-0.4, -0.2) is 17.1 Å². The average molecular weight is 221 g/mol. The first-order valence-electron chi connectivity index (χ1n) is 5.77. The molecule has 16 heavy (non-hydrogen) atoms. The van der Waals surface area contributed by atoms with Gasteiger partial charge in [-0.25, -0.2) is 4.79 Å². The molecule has 1 aromatic carbocycles. The summed E-state index contributed by atoms with van der Waals surface area (Å²) < 4.78 is 0. The molecule has 3 nitrogen and oxygen atoms in total. The second-order valence-corrected chi connectivity index (χ2v) is 3.92. The monoisotopic (exact) mass is 221 g/mol. The minimum absolute atomic E-state index is 0.330. The number of carboxylic acid groups (broad SMARTS) is 1. The quantitative estimate of drug-likeness (QED) is 0.774. The lowest BCUT2D eigenvalue weighted by molar-refractivity contribution is 0.0697. The van der Waals surface area contributed by atoms with Crippen LogP contribution in [0.15, 0.2) is 24.3 Å². The fourth-order valence-corrected chi connectivity index (χ4v) is 1.70. The van der Waals surface area contributed by atoms with Gasteiger partial charge in [-0.2, -0.15) is 0 Å². The van der Waals surface area contributed by atoms with Gasteiger partial charge in [0.1, 0.15) is 0 Å². The number of hydrogen-bond donors (Lipinski definition) is 2. The molecule has 0 radical (unpaired) electrons. The molecule has 3 heteroatoms. The zero-order valence-corrected chi connectivity index (χ0v) is 9.86. The number of aromatic carboxylic acids is 1. The lowest BCUT2D eigenvalue weighted by Gasteiger charge is -2.17. The topological polar surface area (TPSA) is 49.3 Å². The summed E-state index contributed by atoms with van der Waals surface area (Å²) in [4.78, 5) is 10.8. The Hall–Kier alpha value is -1.51. The largest absolute Gasteiger partial charge is 0.478 e. The van der Waals surface area contributed by atoms with Crippen molar-refractivity contribution in [3.63, 3.8) is 0 Å². The summed E-state index contributed by atoms with van der Waals surface area (Å²) in [6.07, 6.45) is 3.28. The summed E-state index contributed by atoms with van der Waals surface area (Å²) in [6, 6.07) is 7.39. The van der Waals surface area contributed by atoms with E-state index in [0.29, 0.717) is 11.6 Å². The molecular weight excluding hydrogens is 202 g/mol. The summed E-state index contributed by atoms with van der Waals surface area (Å²) in [5.41, 5.74) is 1.22. The Labute approximate surface area is 96.5 Å². The zero-order valence-electron chi connectivity index (χ0n) is 9.86. The lowest BCUT2D eigenvalue weighted by atomic mass is 10.1. The summed E-state index contributed by atoms with van der Waals surface area (Å²) in [5, 5.41) is 12.2. The molecule has 0 amide bonds. The van der Waals surface area contributed by atoms with E-state index in [0.717, 1.165) is 24.9 Å². The van der Waals surface area contributed by atoms with Crippen molar-refractivity contribution < 1.29 is 9.90 Å². The van der Waals surface area contributed by atoms with Gasteiger partial charge in [-0.05, 0) is 31.0 Å². The third-order valence-electron chi connectivity index (χ3n) is 2.61. The third kappa shape index (κ3) is 3.57. The number of hydrogen-bond acceptors (Lipinski definition) is 2. The molecule has 0 heterocycles. The highest BCUT2D eigenvalue weighted by atomic mass is 16.4. The molecule has 1 atom stereocenters. The Morgan fingerprint density at radius 3 is 2.75 bits per heavy atom. The molecule has 0 saturated heterocycles. The number of carbonyl (C=O) groups is 1. The molecule has 0 fully saturated rings. The van der Waals surface area contributed by atoms with E-state index >= 15 is 0 Å². The maximum Gasteiger partial charge on any atom is 0.335 e. The zero-order chi connectivity index (χ0) is 12.0. The van der Waals surface area contributed by atoms with E-state index < -0.39 is 5.97 Å². The fourth-order valence-electron chi connectivity index (χ4n) is 1.70. The molecule has 1 unspecified atom stereocenters. The molecule has 0 aromatic heterocycles. The van der Waals surface area contributed by atoms with Crippen molar-refractivity contribution in [2.24, 2.45) is 0 Å². The first-order chi connectivity index (χ1) is 7.67. The van der Waals surface area contributed by atoms with E-state index in [1.807, 2.05) is 6.07 Å². The molecule has 0 spiro atoms. The van der Waals surface area contributed by atoms with E-state index in [4.69, 9.17) is 5.11 Å². The smallest absolute Gasteiger partial charge is 0.335 e. The number of benzene rings is 1. The minimum atomic E-state index is -0.882. The van der Waals surface area contributed by atoms with Crippen molar-refractivity contribution in [2.45, 2.75) is 39.2 Å². The van der Waals surface area contributed by atoms with Gasteiger partial charge in [-0.1, -0.05) is 26.3 Å². The van der Waals surface area contributed by atoms with Crippen LogP contribution in [0.4, 0.5) is 5.69 Å². The van der Waals surface area contributed by atoms with Crippen molar-refractivity contribution >= 4 is 11.7 Å². The van der Waals surface area contributed by atoms with E-state index in [9.17, 15) is 4.79 Å². The van der Waals surface area contributed by atoms with Crippen molar-refractivity contribution in [1.82, 2.24) is 0 Å². The first-order valence-corrected chi connectivity index (χ1v) is 5.77. The van der Waals surface area contributed by atoms with Crippen molar-refractivity contribution in [1.29, 1.82) is 0 Å². The van der Waals surface area contributed by atoms with Gasteiger partial charge in [0, 0.05) is 11.7 Å². The van der Waals surface area contributed by atoms with Gasteiger partial charge >= 0.3 is 5.97 Å². The number of nitrogens with one attached hydrogen (secondary N) is 1. The van der Waals surface area contributed by atoms with Crippen LogP contribution in [-0.2, 0) is 0 Å². The van der Waals surface area contributed by atoms with Gasteiger partial charge < -0.3 is 10.4 Å². The van der Waals surface area contributed by atoms with Crippen LogP contribution >= 0.6 is 0 Å². The van der Waals surface area contributed by atoms with Crippen LogP contribution < -0.4 is 5.32 Å². The Bertz CT molecular complexity index is 350. The second kappa shape index (κ2) is 6.16. The maximum absolute atomic E-state index is 10.8. The van der Waals surface area contributed by atoms with Gasteiger partial charge in [0.05, 0.1) is 5.56 Å². The van der Waals surface area contributed by atoms with E-state index in [1.165, 1.54) is 0 Å². The predicted molar refractivity (Wildman–Crippen MR) is 66.0 cm³/mol. The third-order valence-corrected chi connectivity index (χ3v) is 2.61. The van der Waals surface area contributed by atoms with Gasteiger partial charge in [0.2, 0.25) is 0 Å². The SMILES string of the molecule is CCCC(CC)Nc1cccc(C(=O)O)c1. The van der Waals surface area contributed by atoms with E-state index in [-0.39, 0.29) is 0 Å². The molecule has 88 valence electrons. The van der Waals surface area contributed by atoms with Gasteiger partial charge in [-0.15, -0.1) is 0 Å². The number of anilines is 1. The molecular formula is C13H19NO2. The highest BCUT2D eigenvalue weighted by molar-refractivity contribution is 5.88. The maximum atomic E-state index is 10.8. The molecule has 0 aliphatic rings. The van der Waals surface area contributed by atoms with E-state index in [1.54, 1.807) is 18.2 Å². The van der Waals surface area contributed by atoms with Crippen molar-refractivity contribution in [3.8, 4) is 0 Å². The molecule has 0 aliphatic carbocycles. The van der Waals surface area contributed by atoms with Gasteiger partial charge in [0.25, 0.3) is 0 Å². The predicted octanol–water partition coefficient (Wildman–Crippen LogP) is 3.38. The number of carboxylic acids is 1. The Morgan fingerprint density at radius 2 is 2.19 bits per heavy atom. The van der Waals surface area contributed by atoms with Crippen molar-refractivity contribution in [3.05, 3.63) is 29.8 Å². The summed E-state index contributed by atoms with van der Waals surface area (Å²) >= 11 is 0. The molecule has 0 saturated carbocycles. The Kier molecular flexibility index (Phi) is 4.83. The first kappa shape index (κ1) is 12.6. The molecule has 1 rings (SSSR count). The highest BCUT2D eigenvalue weighted by Gasteiger charge is 2.07. The Balaban J connectivity index is 2.72.